The van der Waals surface area contributed by atoms with Crippen molar-refractivity contribution in [1.82, 2.24) is 15.3 Å². The van der Waals surface area contributed by atoms with Crippen LogP contribution in [0.2, 0.25) is 0 Å². The van der Waals surface area contributed by atoms with Crippen molar-refractivity contribution in [2.75, 3.05) is 18.0 Å². The van der Waals surface area contributed by atoms with E-state index in [1.807, 2.05) is 6.20 Å². The fourth-order valence-electron chi connectivity index (χ4n) is 2.28. The summed E-state index contributed by atoms with van der Waals surface area (Å²) in [5.74, 6) is 1.02. The van der Waals surface area contributed by atoms with Crippen LogP contribution >= 0.6 is 0 Å². The maximum absolute atomic E-state index is 4.32. The number of piperazine rings is 1. The standard InChI is InChI=1S/C9H12N4/c1-2-11-9(5-10-1)13-6-7-3-8(13)4-12-7/h1-2,5,7-8,12H,3-4,6H2/t7?,8-/m0/s1. The van der Waals surface area contributed by atoms with Crippen molar-refractivity contribution in [3.05, 3.63) is 18.6 Å². The number of nitrogens with one attached hydrogen (secondary N) is 1. The van der Waals surface area contributed by atoms with Gasteiger partial charge >= 0.3 is 0 Å². The Morgan fingerprint density at radius 1 is 1.46 bits per heavy atom. The van der Waals surface area contributed by atoms with E-state index in [0.717, 1.165) is 18.9 Å². The van der Waals surface area contributed by atoms with Crippen LogP contribution in [0.4, 0.5) is 5.82 Å². The zero-order chi connectivity index (χ0) is 8.67. The third-order valence-electron chi connectivity index (χ3n) is 2.90. The Hall–Kier alpha value is -1.16. The quantitative estimate of drug-likeness (QED) is 0.655. The highest BCUT2D eigenvalue weighted by Crippen LogP contribution is 2.26. The number of rotatable bonds is 1. The van der Waals surface area contributed by atoms with Crippen LogP contribution in [0.1, 0.15) is 6.42 Å². The van der Waals surface area contributed by atoms with Gasteiger partial charge in [0.05, 0.1) is 6.20 Å². The molecule has 2 fully saturated rings. The van der Waals surface area contributed by atoms with Gasteiger partial charge in [0.15, 0.2) is 0 Å². The summed E-state index contributed by atoms with van der Waals surface area (Å²) in [6.07, 6.45) is 6.59. The number of nitrogens with zero attached hydrogens (tertiary/aromatic N) is 3. The van der Waals surface area contributed by atoms with Crippen molar-refractivity contribution < 1.29 is 0 Å². The van der Waals surface area contributed by atoms with Crippen molar-refractivity contribution in [2.45, 2.75) is 18.5 Å². The molecule has 2 bridgehead atoms. The summed E-state index contributed by atoms with van der Waals surface area (Å²) >= 11 is 0. The lowest BCUT2D eigenvalue weighted by Gasteiger charge is -2.27. The number of anilines is 1. The summed E-state index contributed by atoms with van der Waals surface area (Å²) in [7, 11) is 0. The zero-order valence-electron chi connectivity index (χ0n) is 7.35. The molecule has 2 atom stereocenters. The van der Waals surface area contributed by atoms with Gasteiger partial charge in [0.25, 0.3) is 0 Å². The third-order valence-corrected chi connectivity index (χ3v) is 2.90. The van der Waals surface area contributed by atoms with Gasteiger partial charge in [-0.3, -0.25) is 4.98 Å². The van der Waals surface area contributed by atoms with Crippen LogP contribution in [0.25, 0.3) is 0 Å². The minimum atomic E-state index is 0.640. The van der Waals surface area contributed by atoms with Crippen LogP contribution in [-0.4, -0.2) is 35.1 Å². The summed E-state index contributed by atoms with van der Waals surface area (Å²) < 4.78 is 0. The van der Waals surface area contributed by atoms with Crippen LogP contribution in [0.3, 0.4) is 0 Å². The van der Waals surface area contributed by atoms with E-state index < -0.39 is 0 Å². The Balaban J connectivity index is 1.87. The largest absolute Gasteiger partial charge is 0.349 e. The zero-order valence-corrected chi connectivity index (χ0v) is 7.35. The molecule has 1 aromatic heterocycles. The van der Waals surface area contributed by atoms with Crippen molar-refractivity contribution in [2.24, 2.45) is 0 Å². The lowest BCUT2D eigenvalue weighted by molar-refractivity contribution is 0.576. The molecular weight excluding hydrogens is 164 g/mol. The SMILES string of the molecule is c1cnc(N2CC3C[C@H]2CN3)cn1. The van der Waals surface area contributed by atoms with Crippen molar-refractivity contribution in [1.29, 1.82) is 0 Å². The molecule has 0 spiro atoms. The van der Waals surface area contributed by atoms with Gasteiger partial charge in [-0.05, 0) is 6.42 Å². The third kappa shape index (κ3) is 1.09. The summed E-state index contributed by atoms with van der Waals surface area (Å²) in [5.41, 5.74) is 0. The first-order valence-electron chi connectivity index (χ1n) is 4.69. The van der Waals surface area contributed by atoms with Crippen LogP contribution in [0.15, 0.2) is 18.6 Å². The first-order chi connectivity index (χ1) is 6.43. The number of hydrogen-bond acceptors (Lipinski definition) is 4. The Kier molecular flexibility index (Phi) is 1.49. The van der Waals surface area contributed by atoms with Gasteiger partial charge in [0.1, 0.15) is 5.82 Å². The summed E-state index contributed by atoms with van der Waals surface area (Å²) in [6, 6.07) is 1.31. The van der Waals surface area contributed by atoms with Gasteiger partial charge < -0.3 is 10.2 Å². The smallest absolute Gasteiger partial charge is 0.147 e. The molecular formula is C9H12N4. The van der Waals surface area contributed by atoms with E-state index in [1.165, 1.54) is 6.42 Å². The van der Waals surface area contributed by atoms with Gasteiger partial charge in [0, 0.05) is 37.6 Å². The number of fused-ring (bicyclic) bond motifs is 2. The van der Waals surface area contributed by atoms with Crippen LogP contribution < -0.4 is 10.2 Å². The minimum absolute atomic E-state index is 0.640. The van der Waals surface area contributed by atoms with Gasteiger partial charge in [-0.15, -0.1) is 0 Å². The second-order valence-corrected chi connectivity index (χ2v) is 3.71. The predicted octanol–water partition coefficient (Wildman–Crippen LogP) is 0.0271. The second kappa shape index (κ2) is 2.67. The monoisotopic (exact) mass is 176 g/mol. The summed E-state index contributed by atoms with van der Waals surface area (Å²) in [5, 5.41) is 3.47. The van der Waals surface area contributed by atoms with Gasteiger partial charge in [0.2, 0.25) is 0 Å². The summed E-state index contributed by atoms with van der Waals surface area (Å²) in [4.78, 5) is 10.8. The lowest BCUT2D eigenvalue weighted by atomic mass is 10.2. The average Bonchev–Trinajstić information content (AvgIpc) is 2.80. The maximum Gasteiger partial charge on any atom is 0.147 e. The molecule has 1 N–H and O–H groups in total. The molecule has 4 nitrogen and oxygen atoms in total. The highest BCUT2D eigenvalue weighted by atomic mass is 15.3. The Labute approximate surface area is 77.0 Å². The van der Waals surface area contributed by atoms with Crippen LogP contribution in [0.5, 0.6) is 0 Å². The van der Waals surface area contributed by atoms with E-state index in [4.69, 9.17) is 0 Å². The van der Waals surface area contributed by atoms with Gasteiger partial charge in [-0.2, -0.15) is 0 Å². The van der Waals surface area contributed by atoms with E-state index in [-0.39, 0.29) is 0 Å². The second-order valence-electron chi connectivity index (χ2n) is 3.71. The molecule has 2 aliphatic heterocycles. The highest BCUT2D eigenvalue weighted by Gasteiger charge is 2.38. The molecule has 3 heterocycles. The van der Waals surface area contributed by atoms with E-state index in [9.17, 15) is 0 Å². The van der Waals surface area contributed by atoms with Gasteiger partial charge in [-0.1, -0.05) is 0 Å². The lowest BCUT2D eigenvalue weighted by Crippen LogP contribution is -2.44. The fraction of sp³-hybridized carbons (Fsp3) is 0.556. The molecule has 0 aromatic carbocycles. The first-order valence-corrected chi connectivity index (χ1v) is 4.69. The molecule has 2 aliphatic rings. The molecule has 0 aliphatic carbocycles. The topological polar surface area (TPSA) is 41.1 Å². The number of hydrogen-bond donors (Lipinski definition) is 1. The molecule has 3 rings (SSSR count). The van der Waals surface area contributed by atoms with Gasteiger partial charge in [-0.25, -0.2) is 4.98 Å². The summed E-state index contributed by atoms with van der Waals surface area (Å²) in [6.45, 7) is 2.19. The van der Waals surface area contributed by atoms with E-state index >= 15 is 0 Å². The Bertz CT molecular complexity index is 300. The van der Waals surface area contributed by atoms with E-state index in [0.29, 0.717) is 12.1 Å². The molecule has 0 amide bonds. The Morgan fingerprint density at radius 3 is 3.08 bits per heavy atom. The molecule has 68 valence electrons. The van der Waals surface area contributed by atoms with Crippen molar-refractivity contribution in [3.8, 4) is 0 Å². The highest BCUT2D eigenvalue weighted by molar-refractivity contribution is 5.40. The van der Waals surface area contributed by atoms with Crippen LogP contribution in [0, 0.1) is 0 Å². The number of aromatic nitrogens is 2. The van der Waals surface area contributed by atoms with Crippen molar-refractivity contribution in [3.63, 3.8) is 0 Å². The molecule has 2 saturated heterocycles. The molecule has 0 radical (unpaired) electrons. The molecule has 13 heavy (non-hydrogen) atoms. The Morgan fingerprint density at radius 2 is 2.46 bits per heavy atom. The molecule has 1 unspecified atom stereocenters. The maximum atomic E-state index is 4.32. The average molecular weight is 176 g/mol. The molecule has 1 aromatic rings. The van der Waals surface area contributed by atoms with Crippen LogP contribution in [-0.2, 0) is 0 Å². The fourth-order valence-corrected chi connectivity index (χ4v) is 2.28. The molecule has 4 heteroatoms. The van der Waals surface area contributed by atoms with E-state index in [1.54, 1.807) is 12.4 Å². The van der Waals surface area contributed by atoms with E-state index in [2.05, 4.69) is 20.2 Å². The minimum Gasteiger partial charge on any atom is -0.349 e. The normalized spacial score (nSPS) is 31.2. The van der Waals surface area contributed by atoms with Crippen molar-refractivity contribution >= 4 is 5.82 Å². The first kappa shape index (κ1) is 7.26. The predicted molar refractivity (Wildman–Crippen MR) is 49.6 cm³/mol. The molecule has 0 saturated carbocycles.